The summed E-state index contributed by atoms with van der Waals surface area (Å²) >= 11 is 0. The van der Waals surface area contributed by atoms with E-state index in [1.165, 1.54) is 5.56 Å². The molecule has 3 heteroatoms. The van der Waals surface area contributed by atoms with E-state index in [1.807, 2.05) is 6.07 Å². The molecule has 0 aliphatic heterocycles. The van der Waals surface area contributed by atoms with E-state index in [1.54, 1.807) is 7.11 Å². The molecule has 1 aromatic carbocycles. The third kappa shape index (κ3) is 3.10. The molecule has 3 unspecified atom stereocenters. The van der Waals surface area contributed by atoms with Crippen molar-refractivity contribution in [2.45, 2.75) is 44.1 Å². The Balaban J connectivity index is 1.97. The van der Waals surface area contributed by atoms with Gasteiger partial charge in [-0.05, 0) is 31.9 Å². The second kappa shape index (κ2) is 6.32. The Hall–Kier alpha value is -0.900. The van der Waals surface area contributed by atoms with Crippen LogP contribution in [0.3, 0.4) is 0 Å². The van der Waals surface area contributed by atoms with E-state index >= 15 is 0 Å². The molecule has 1 saturated carbocycles. The standard InChI is InChI=1S/C15H23NO2/c1-16(11-12-7-4-3-5-8-12)13-9-6-10-14(18-2)15(13)17/h3-5,7-8,13-15,17H,6,9-11H2,1-2H3. The van der Waals surface area contributed by atoms with Crippen molar-refractivity contribution in [2.75, 3.05) is 14.2 Å². The summed E-state index contributed by atoms with van der Waals surface area (Å²) in [6.07, 6.45) is 2.75. The van der Waals surface area contributed by atoms with Crippen molar-refractivity contribution in [1.29, 1.82) is 0 Å². The highest BCUT2D eigenvalue weighted by molar-refractivity contribution is 5.14. The number of ether oxygens (including phenoxy) is 1. The quantitative estimate of drug-likeness (QED) is 0.886. The number of likely N-dealkylation sites (N-methyl/N-ethyl adjacent to an activating group) is 1. The number of benzene rings is 1. The topological polar surface area (TPSA) is 32.7 Å². The lowest BCUT2D eigenvalue weighted by atomic mass is 9.89. The molecule has 0 heterocycles. The van der Waals surface area contributed by atoms with E-state index in [-0.39, 0.29) is 18.2 Å². The van der Waals surface area contributed by atoms with Gasteiger partial charge in [0.2, 0.25) is 0 Å². The highest BCUT2D eigenvalue weighted by atomic mass is 16.5. The summed E-state index contributed by atoms with van der Waals surface area (Å²) < 4.78 is 5.36. The SMILES string of the molecule is COC1CCCC(N(C)Cc2ccccc2)C1O. The Morgan fingerprint density at radius 1 is 1.28 bits per heavy atom. The Morgan fingerprint density at radius 3 is 2.67 bits per heavy atom. The van der Waals surface area contributed by atoms with Crippen LogP contribution in [-0.2, 0) is 11.3 Å². The first kappa shape index (κ1) is 13.5. The van der Waals surface area contributed by atoms with Gasteiger partial charge in [-0.25, -0.2) is 0 Å². The predicted molar refractivity (Wildman–Crippen MR) is 72.4 cm³/mol. The third-order valence-electron chi connectivity index (χ3n) is 3.91. The fourth-order valence-corrected chi connectivity index (χ4v) is 2.84. The maximum Gasteiger partial charge on any atom is 0.0956 e. The summed E-state index contributed by atoms with van der Waals surface area (Å²) in [6.45, 7) is 0.874. The van der Waals surface area contributed by atoms with Crippen LogP contribution in [0.5, 0.6) is 0 Å². The lowest BCUT2D eigenvalue weighted by molar-refractivity contribution is -0.0785. The van der Waals surface area contributed by atoms with Crippen molar-refractivity contribution >= 4 is 0 Å². The number of methoxy groups -OCH3 is 1. The minimum atomic E-state index is -0.377. The average Bonchev–Trinajstić information content (AvgIpc) is 2.40. The van der Waals surface area contributed by atoms with Crippen molar-refractivity contribution in [3.63, 3.8) is 0 Å². The molecule has 3 nitrogen and oxygen atoms in total. The van der Waals surface area contributed by atoms with Crippen LogP contribution in [0.25, 0.3) is 0 Å². The van der Waals surface area contributed by atoms with Gasteiger partial charge in [0, 0.05) is 19.7 Å². The molecule has 1 N–H and O–H groups in total. The van der Waals surface area contributed by atoms with Gasteiger partial charge in [-0.1, -0.05) is 30.3 Å². The molecular formula is C15H23NO2. The summed E-state index contributed by atoms with van der Waals surface area (Å²) in [5, 5.41) is 10.3. The van der Waals surface area contributed by atoms with E-state index in [2.05, 4.69) is 36.2 Å². The van der Waals surface area contributed by atoms with Gasteiger partial charge in [-0.3, -0.25) is 4.90 Å². The lowest BCUT2D eigenvalue weighted by Gasteiger charge is -2.39. The Labute approximate surface area is 109 Å². The predicted octanol–water partition coefficient (Wildman–Crippen LogP) is 2.05. The van der Waals surface area contributed by atoms with Gasteiger partial charge < -0.3 is 9.84 Å². The van der Waals surface area contributed by atoms with Crippen LogP contribution in [0, 0.1) is 0 Å². The van der Waals surface area contributed by atoms with Crippen molar-refractivity contribution in [1.82, 2.24) is 4.90 Å². The van der Waals surface area contributed by atoms with E-state index in [9.17, 15) is 5.11 Å². The minimum Gasteiger partial charge on any atom is -0.389 e. The van der Waals surface area contributed by atoms with Gasteiger partial charge in [0.1, 0.15) is 0 Å². The average molecular weight is 249 g/mol. The molecule has 1 aromatic rings. The van der Waals surface area contributed by atoms with E-state index in [0.717, 1.165) is 25.8 Å². The zero-order valence-corrected chi connectivity index (χ0v) is 11.2. The summed E-state index contributed by atoms with van der Waals surface area (Å²) in [5.74, 6) is 0. The lowest BCUT2D eigenvalue weighted by Crippen LogP contribution is -2.50. The van der Waals surface area contributed by atoms with Crippen LogP contribution in [0.2, 0.25) is 0 Å². The molecule has 1 aliphatic rings. The second-order valence-electron chi connectivity index (χ2n) is 5.16. The highest BCUT2D eigenvalue weighted by Gasteiger charge is 2.34. The molecule has 2 rings (SSSR count). The molecule has 0 bridgehead atoms. The Kier molecular flexibility index (Phi) is 4.75. The number of hydrogen-bond acceptors (Lipinski definition) is 3. The summed E-state index contributed by atoms with van der Waals surface area (Å²) in [5.41, 5.74) is 1.28. The molecule has 0 amide bonds. The monoisotopic (exact) mass is 249 g/mol. The van der Waals surface area contributed by atoms with Gasteiger partial charge >= 0.3 is 0 Å². The van der Waals surface area contributed by atoms with Crippen LogP contribution in [0.15, 0.2) is 30.3 Å². The van der Waals surface area contributed by atoms with Crippen molar-refractivity contribution in [2.24, 2.45) is 0 Å². The summed E-state index contributed by atoms with van der Waals surface area (Å²) in [7, 11) is 3.77. The third-order valence-corrected chi connectivity index (χ3v) is 3.91. The van der Waals surface area contributed by atoms with Gasteiger partial charge in [-0.2, -0.15) is 0 Å². The summed E-state index contributed by atoms with van der Waals surface area (Å²) in [4.78, 5) is 2.24. The molecule has 18 heavy (non-hydrogen) atoms. The van der Waals surface area contributed by atoms with Crippen molar-refractivity contribution in [3.8, 4) is 0 Å². The Bertz CT molecular complexity index is 355. The van der Waals surface area contributed by atoms with Crippen LogP contribution in [0.4, 0.5) is 0 Å². The normalized spacial score (nSPS) is 28.6. The van der Waals surface area contributed by atoms with E-state index in [0.29, 0.717) is 0 Å². The Morgan fingerprint density at radius 2 is 2.00 bits per heavy atom. The molecule has 1 aliphatic carbocycles. The first-order valence-corrected chi connectivity index (χ1v) is 6.67. The molecule has 0 radical (unpaired) electrons. The number of aliphatic hydroxyl groups is 1. The first-order chi connectivity index (χ1) is 8.72. The fourth-order valence-electron chi connectivity index (χ4n) is 2.84. The zero-order chi connectivity index (χ0) is 13.0. The number of nitrogens with zero attached hydrogens (tertiary/aromatic N) is 1. The van der Waals surface area contributed by atoms with Gasteiger partial charge in [-0.15, -0.1) is 0 Å². The molecule has 0 spiro atoms. The second-order valence-corrected chi connectivity index (χ2v) is 5.16. The smallest absolute Gasteiger partial charge is 0.0956 e. The van der Waals surface area contributed by atoms with Gasteiger partial charge in [0.15, 0.2) is 0 Å². The molecule has 0 aromatic heterocycles. The zero-order valence-electron chi connectivity index (χ0n) is 11.2. The number of hydrogen-bond donors (Lipinski definition) is 1. The fraction of sp³-hybridized carbons (Fsp3) is 0.600. The van der Waals surface area contributed by atoms with Crippen LogP contribution in [-0.4, -0.2) is 42.4 Å². The minimum absolute atomic E-state index is 0.0121. The molecule has 1 fully saturated rings. The van der Waals surface area contributed by atoms with Crippen molar-refractivity contribution < 1.29 is 9.84 Å². The van der Waals surface area contributed by atoms with Crippen LogP contribution < -0.4 is 0 Å². The summed E-state index contributed by atoms with van der Waals surface area (Å²) in [6, 6.07) is 10.6. The van der Waals surface area contributed by atoms with Gasteiger partial charge in [0.05, 0.1) is 12.2 Å². The van der Waals surface area contributed by atoms with Crippen molar-refractivity contribution in [3.05, 3.63) is 35.9 Å². The number of rotatable bonds is 4. The maximum atomic E-state index is 10.3. The largest absolute Gasteiger partial charge is 0.389 e. The van der Waals surface area contributed by atoms with Crippen LogP contribution >= 0.6 is 0 Å². The molecule has 100 valence electrons. The first-order valence-electron chi connectivity index (χ1n) is 6.67. The highest BCUT2D eigenvalue weighted by Crippen LogP contribution is 2.25. The maximum absolute atomic E-state index is 10.3. The van der Waals surface area contributed by atoms with Gasteiger partial charge in [0.25, 0.3) is 0 Å². The molecular weight excluding hydrogens is 226 g/mol. The van der Waals surface area contributed by atoms with Crippen LogP contribution in [0.1, 0.15) is 24.8 Å². The number of aliphatic hydroxyl groups excluding tert-OH is 1. The van der Waals surface area contributed by atoms with E-state index in [4.69, 9.17) is 4.74 Å². The molecule has 0 saturated heterocycles. The molecule has 3 atom stereocenters. The van der Waals surface area contributed by atoms with E-state index < -0.39 is 0 Å².